The third-order valence-electron chi connectivity index (χ3n) is 3.46. The van der Waals surface area contributed by atoms with Gasteiger partial charge in [0.15, 0.2) is 5.78 Å². The van der Waals surface area contributed by atoms with Crippen LogP contribution < -0.4 is 10.5 Å². The largest absolute Gasteiger partial charge is 0.507 e. The molecular weight excluding hydrogens is 278 g/mol. The molecule has 0 aliphatic rings. The van der Waals surface area contributed by atoms with Gasteiger partial charge in [-0.1, -0.05) is 25.5 Å². The Hall–Kier alpha value is -2.49. The molecule has 0 radical (unpaired) electrons. The molecule has 2 rings (SSSR count). The highest BCUT2D eigenvalue weighted by Gasteiger charge is 2.15. The van der Waals surface area contributed by atoms with Crippen molar-refractivity contribution in [2.45, 2.75) is 33.3 Å². The first-order valence-corrected chi connectivity index (χ1v) is 7.36. The van der Waals surface area contributed by atoms with Crippen molar-refractivity contribution in [1.82, 2.24) is 0 Å². The zero-order valence-electron chi connectivity index (χ0n) is 12.9. The molecule has 2 aromatic carbocycles. The Morgan fingerprint density at radius 2 is 2.05 bits per heavy atom. The average Bonchev–Trinajstić information content (AvgIpc) is 2.47. The predicted octanol–water partition coefficient (Wildman–Crippen LogP) is 3.71. The van der Waals surface area contributed by atoms with Crippen molar-refractivity contribution in [2.75, 3.05) is 5.73 Å². The fourth-order valence-electron chi connectivity index (χ4n) is 2.37. The second-order valence-electron chi connectivity index (χ2n) is 5.28. The van der Waals surface area contributed by atoms with Crippen molar-refractivity contribution < 1.29 is 14.6 Å². The number of phenols is 1. The van der Waals surface area contributed by atoms with E-state index >= 15 is 0 Å². The second-order valence-corrected chi connectivity index (χ2v) is 5.28. The summed E-state index contributed by atoms with van der Waals surface area (Å²) in [6.07, 6.45) is 1.50. The van der Waals surface area contributed by atoms with Gasteiger partial charge in [-0.25, -0.2) is 0 Å². The molecule has 0 atom stereocenters. The fraction of sp³-hybridized carbons (Fsp3) is 0.278. The number of rotatable bonds is 6. The molecule has 0 fully saturated rings. The quantitative estimate of drug-likeness (QED) is 0.630. The van der Waals surface area contributed by atoms with E-state index in [-0.39, 0.29) is 11.5 Å². The Balaban J connectivity index is 2.26. The van der Waals surface area contributed by atoms with Crippen LogP contribution in [0, 0.1) is 0 Å². The smallest absolute Gasteiger partial charge is 0.163 e. The molecule has 0 aromatic heterocycles. The fourth-order valence-corrected chi connectivity index (χ4v) is 2.37. The Morgan fingerprint density at radius 1 is 1.27 bits per heavy atom. The van der Waals surface area contributed by atoms with Gasteiger partial charge in [0, 0.05) is 11.3 Å². The summed E-state index contributed by atoms with van der Waals surface area (Å²) < 4.78 is 5.82. The maximum atomic E-state index is 11.5. The van der Waals surface area contributed by atoms with Crippen LogP contribution in [0.1, 0.15) is 41.8 Å². The number of hydrogen-bond acceptors (Lipinski definition) is 4. The van der Waals surface area contributed by atoms with E-state index in [1.54, 1.807) is 12.1 Å². The molecule has 0 spiro atoms. The lowest BCUT2D eigenvalue weighted by molar-refractivity contribution is 0.101. The number of nitrogens with two attached hydrogens (primary N) is 1. The zero-order chi connectivity index (χ0) is 16.1. The number of aromatic hydroxyl groups is 1. The molecule has 3 N–H and O–H groups in total. The molecule has 0 amide bonds. The average molecular weight is 299 g/mol. The summed E-state index contributed by atoms with van der Waals surface area (Å²) in [5.41, 5.74) is 8.40. The molecule has 0 saturated heterocycles. The van der Waals surface area contributed by atoms with Gasteiger partial charge in [0.05, 0.1) is 5.56 Å². The summed E-state index contributed by atoms with van der Waals surface area (Å²) in [6, 6.07) is 10.8. The number of anilines is 1. The van der Waals surface area contributed by atoms with Gasteiger partial charge in [-0.05, 0) is 43.2 Å². The summed E-state index contributed by atoms with van der Waals surface area (Å²) in [6.45, 7) is 3.82. The summed E-state index contributed by atoms with van der Waals surface area (Å²) in [5, 5.41) is 10.3. The first kappa shape index (κ1) is 15.9. The van der Waals surface area contributed by atoms with E-state index in [1.807, 2.05) is 31.2 Å². The minimum absolute atomic E-state index is 0.0272. The van der Waals surface area contributed by atoms with E-state index in [0.29, 0.717) is 35.6 Å². The van der Waals surface area contributed by atoms with Crippen LogP contribution in [0.15, 0.2) is 36.4 Å². The number of phenolic OH excluding ortho intramolecular Hbond substituents is 1. The highest BCUT2D eigenvalue weighted by molar-refractivity contribution is 5.97. The van der Waals surface area contributed by atoms with Gasteiger partial charge >= 0.3 is 0 Å². The number of carbonyl (C=O) groups excluding carboxylic acids is 1. The van der Waals surface area contributed by atoms with Crippen molar-refractivity contribution in [3.05, 3.63) is 53.1 Å². The number of benzene rings is 2. The van der Waals surface area contributed by atoms with Crippen LogP contribution in [0.3, 0.4) is 0 Å². The van der Waals surface area contributed by atoms with Gasteiger partial charge < -0.3 is 15.6 Å². The highest BCUT2D eigenvalue weighted by Crippen LogP contribution is 2.33. The Labute approximate surface area is 130 Å². The molecule has 0 heterocycles. The standard InChI is InChI=1S/C18H21NO3/c1-3-5-16-17(9-8-15(12(2)20)18(16)21)22-11-13-6-4-7-14(19)10-13/h4,6-10,21H,3,5,11,19H2,1-2H3. The van der Waals surface area contributed by atoms with Crippen LogP contribution in [0.2, 0.25) is 0 Å². The summed E-state index contributed by atoms with van der Waals surface area (Å²) in [5.74, 6) is 0.475. The number of nitrogen functional groups attached to an aromatic ring is 1. The van der Waals surface area contributed by atoms with Crippen LogP contribution in [0.4, 0.5) is 5.69 Å². The Kier molecular flexibility index (Phi) is 5.04. The van der Waals surface area contributed by atoms with E-state index in [1.165, 1.54) is 6.92 Å². The topological polar surface area (TPSA) is 72.5 Å². The number of carbonyl (C=O) groups is 1. The van der Waals surface area contributed by atoms with E-state index in [4.69, 9.17) is 10.5 Å². The molecule has 0 aliphatic heterocycles. The van der Waals surface area contributed by atoms with Crippen LogP contribution in [0.25, 0.3) is 0 Å². The van der Waals surface area contributed by atoms with Gasteiger partial charge in [0.1, 0.15) is 18.1 Å². The lowest BCUT2D eigenvalue weighted by Gasteiger charge is -2.15. The van der Waals surface area contributed by atoms with Crippen LogP contribution >= 0.6 is 0 Å². The number of ketones is 1. The maximum Gasteiger partial charge on any atom is 0.163 e. The normalized spacial score (nSPS) is 10.5. The third-order valence-corrected chi connectivity index (χ3v) is 3.46. The molecule has 0 unspecified atom stereocenters. The van der Waals surface area contributed by atoms with Crippen molar-refractivity contribution >= 4 is 11.5 Å². The molecule has 0 aliphatic carbocycles. The van der Waals surface area contributed by atoms with Crippen molar-refractivity contribution in [3.8, 4) is 11.5 Å². The third kappa shape index (κ3) is 3.58. The maximum absolute atomic E-state index is 11.5. The van der Waals surface area contributed by atoms with E-state index in [9.17, 15) is 9.90 Å². The second kappa shape index (κ2) is 6.98. The minimum atomic E-state index is -0.155. The molecule has 4 nitrogen and oxygen atoms in total. The van der Waals surface area contributed by atoms with Crippen LogP contribution in [-0.4, -0.2) is 10.9 Å². The zero-order valence-corrected chi connectivity index (χ0v) is 12.9. The molecule has 0 bridgehead atoms. The summed E-state index contributed by atoms with van der Waals surface area (Å²) in [4.78, 5) is 11.5. The SMILES string of the molecule is CCCc1c(OCc2cccc(N)c2)ccc(C(C)=O)c1O. The number of hydrogen-bond donors (Lipinski definition) is 2. The van der Waals surface area contributed by atoms with E-state index in [2.05, 4.69) is 0 Å². The lowest BCUT2D eigenvalue weighted by Crippen LogP contribution is -2.02. The molecule has 2 aromatic rings. The van der Waals surface area contributed by atoms with Gasteiger partial charge in [-0.3, -0.25) is 4.79 Å². The monoisotopic (exact) mass is 299 g/mol. The van der Waals surface area contributed by atoms with Crippen molar-refractivity contribution in [3.63, 3.8) is 0 Å². The summed E-state index contributed by atoms with van der Waals surface area (Å²) in [7, 11) is 0. The van der Waals surface area contributed by atoms with Gasteiger partial charge in [-0.2, -0.15) is 0 Å². The van der Waals surface area contributed by atoms with Gasteiger partial charge in [0.2, 0.25) is 0 Å². The number of ether oxygens (including phenoxy) is 1. The first-order chi connectivity index (χ1) is 10.5. The van der Waals surface area contributed by atoms with E-state index in [0.717, 1.165) is 12.0 Å². The molecular formula is C18H21NO3. The first-order valence-electron chi connectivity index (χ1n) is 7.36. The Morgan fingerprint density at radius 3 is 2.68 bits per heavy atom. The molecule has 116 valence electrons. The molecule has 22 heavy (non-hydrogen) atoms. The van der Waals surface area contributed by atoms with Crippen LogP contribution in [-0.2, 0) is 13.0 Å². The van der Waals surface area contributed by atoms with E-state index < -0.39 is 0 Å². The lowest BCUT2D eigenvalue weighted by atomic mass is 10.0. The number of Topliss-reactive ketones (excluding diaryl/α,β-unsaturated/α-hetero) is 1. The van der Waals surface area contributed by atoms with Crippen LogP contribution in [0.5, 0.6) is 11.5 Å². The summed E-state index contributed by atoms with van der Waals surface area (Å²) >= 11 is 0. The highest BCUT2D eigenvalue weighted by atomic mass is 16.5. The predicted molar refractivity (Wildman–Crippen MR) is 87.3 cm³/mol. The Bertz CT molecular complexity index is 680. The van der Waals surface area contributed by atoms with Crippen molar-refractivity contribution in [1.29, 1.82) is 0 Å². The molecule has 4 heteroatoms. The van der Waals surface area contributed by atoms with Gasteiger partial charge in [-0.15, -0.1) is 0 Å². The minimum Gasteiger partial charge on any atom is -0.507 e. The van der Waals surface area contributed by atoms with Gasteiger partial charge in [0.25, 0.3) is 0 Å². The van der Waals surface area contributed by atoms with Crippen molar-refractivity contribution in [2.24, 2.45) is 0 Å². The molecule has 0 saturated carbocycles.